The number of nitrogens with zero attached hydrogens (tertiary/aromatic N) is 6. The number of aliphatic hydroxyl groups excluding tert-OH is 2. The minimum Gasteiger partial charge on any atom is -0.394 e. The first-order chi connectivity index (χ1) is 11.9. The molecule has 1 aliphatic heterocycles. The molecule has 0 bridgehead atoms. The van der Waals surface area contributed by atoms with Crippen LogP contribution in [0, 0.1) is 0 Å². The Morgan fingerprint density at radius 2 is 1.84 bits per heavy atom. The van der Waals surface area contributed by atoms with E-state index in [2.05, 4.69) is 52.4 Å². The van der Waals surface area contributed by atoms with E-state index in [1.807, 2.05) is 0 Å². The molecule has 8 nitrogen and oxygen atoms in total. The van der Waals surface area contributed by atoms with Crippen LogP contribution in [0.1, 0.15) is 27.7 Å². The maximum Gasteiger partial charge on any atom is 0.165 e. The van der Waals surface area contributed by atoms with Crippen LogP contribution in [0.15, 0.2) is 12.7 Å². The van der Waals surface area contributed by atoms with E-state index in [-0.39, 0.29) is 13.2 Å². The van der Waals surface area contributed by atoms with Crippen molar-refractivity contribution in [2.24, 2.45) is 0 Å². The van der Waals surface area contributed by atoms with Crippen molar-refractivity contribution >= 4 is 17.0 Å². The Morgan fingerprint density at radius 3 is 2.44 bits per heavy atom. The highest BCUT2D eigenvalue weighted by atomic mass is 16.3. The SMILES string of the molecule is CC(C)N1[C@H](C)CN(c2ncnc3c2ncn3C[C@H](O)CO)C[C@@H]1C. The standard InChI is InChI=1S/C17H28N6O2/c1-11(2)23-12(3)5-21(6-13(23)4)16-15-17(19-9-18-16)22(10-20-15)7-14(25)8-24/h9-14,24-25H,5-8H2,1-4H3/t12-,13+,14-/m0/s1. The highest BCUT2D eigenvalue weighted by Crippen LogP contribution is 2.27. The average molecular weight is 348 g/mol. The zero-order valence-electron chi connectivity index (χ0n) is 15.4. The second-order valence-electron chi connectivity index (χ2n) is 7.25. The van der Waals surface area contributed by atoms with Gasteiger partial charge in [0.2, 0.25) is 0 Å². The number of rotatable bonds is 5. The Kier molecular flexibility index (Phi) is 5.21. The lowest BCUT2D eigenvalue weighted by atomic mass is 10.1. The second kappa shape index (κ2) is 7.23. The van der Waals surface area contributed by atoms with Gasteiger partial charge in [-0.1, -0.05) is 0 Å². The van der Waals surface area contributed by atoms with Crippen molar-refractivity contribution in [2.45, 2.75) is 58.5 Å². The number of aliphatic hydroxyl groups is 2. The van der Waals surface area contributed by atoms with Crippen LogP contribution in [0.25, 0.3) is 11.2 Å². The lowest BCUT2D eigenvalue weighted by Crippen LogP contribution is -2.59. The fourth-order valence-corrected chi connectivity index (χ4v) is 4.04. The van der Waals surface area contributed by atoms with Crippen LogP contribution < -0.4 is 4.90 Å². The Balaban J connectivity index is 1.89. The molecule has 25 heavy (non-hydrogen) atoms. The number of aromatic nitrogens is 4. The third-order valence-electron chi connectivity index (χ3n) is 4.88. The Morgan fingerprint density at radius 1 is 1.16 bits per heavy atom. The molecule has 138 valence electrons. The van der Waals surface area contributed by atoms with E-state index < -0.39 is 6.10 Å². The van der Waals surface area contributed by atoms with Crippen molar-refractivity contribution in [3.63, 3.8) is 0 Å². The molecule has 0 saturated carbocycles. The molecule has 0 aliphatic carbocycles. The monoisotopic (exact) mass is 348 g/mol. The summed E-state index contributed by atoms with van der Waals surface area (Å²) < 4.78 is 1.76. The molecule has 0 spiro atoms. The predicted molar refractivity (Wildman–Crippen MR) is 96.5 cm³/mol. The van der Waals surface area contributed by atoms with Gasteiger partial charge in [-0.15, -0.1) is 0 Å². The van der Waals surface area contributed by atoms with Gasteiger partial charge in [-0.2, -0.15) is 0 Å². The van der Waals surface area contributed by atoms with Crippen LogP contribution in [-0.4, -0.2) is 78.6 Å². The van der Waals surface area contributed by atoms with Crippen molar-refractivity contribution in [1.29, 1.82) is 0 Å². The number of imidazole rings is 1. The second-order valence-corrected chi connectivity index (χ2v) is 7.25. The summed E-state index contributed by atoms with van der Waals surface area (Å²) in [6.45, 7) is 10.7. The Hall–Kier alpha value is -1.77. The van der Waals surface area contributed by atoms with Crippen LogP contribution in [-0.2, 0) is 6.54 Å². The maximum absolute atomic E-state index is 9.70. The summed E-state index contributed by atoms with van der Waals surface area (Å²) in [5.74, 6) is 0.837. The molecule has 3 rings (SSSR count). The van der Waals surface area contributed by atoms with Crippen LogP contribution in [0.2, 0.25) is 0 Å². The smallest absolute Gasteiger partial charge is 0.165 e. The summed E-state index contributed by atoms with van der Waals surface area (Å²) in [7, 11) is 0. The molecule has 1 aliphatic rings. The van der Waals surface area contributed by atoms with E-state index in [4.69, 9.17) is 5.11 Å². The van der Waals surface area contributed by atoms with Crippen molar-refractivity contribution in [3.8, 4) is 0 Å². The zero-order chi connectivity index (χ0) is 18.1. The number of anilines is 1. The number of hydrogen-bond acceptors (Lipinski definition) is 7. The van der Waals surface area contributed by atoms with Gasteiger partial charge in [0.1, 0.15) is 6.33 Å². The van der Waals surface area contributed by atoms with Crippen molar-refractivity contribution in [1.82, 2.24) is 24.4 Å². The molecule has 1 saturated heterocycles. The molecule has 3 heterocycles. The first-order valence-electron chi connectivity index (χ1n) is 8.89. The number of hydrogen-bond donors (Lipinski definition) is 2. The maximum atomic E-state index is 9.70. The summed E-state index contributed by atoms with van der Waals surface area (Å²) in [6.07, 6.45) is 2.37. The molecule has 3 atom stereocenters. The minimum atomic E-state index is -0.828. The lowest BCUT2D eigenvalue weighted by molar-refractivity contribution is 0.0820. The van der Waals surface area contributed by atoms with Crippen LogP contribution >= 0.6 is 0 Å². The first-order valence-corrected chi connectivity index (χ1v) is 8.89. The molecule has 0 unspecified atom stereocenters. The predicted octanol–water partition coefficient (Wildman–Crippen LogP) is 0.487. The van der Waals surface area contributed by atoms with E-state index in [1.54, 1.807) is 17.2 Å². The summed E-state index contributed by atoms with van der Waals surface area (Å²) in [6, 6.07) is 1.36. The molecule has 2 N–H and O–H groups in total. The largest absolute Gasteiger partial charge is 0.394 e. The molecule has 1 fully saturated rings. The Labute approximate surface area is 148 Å². The third-order valence-corrected chi connectivity index (χ3v) is 4.88. The molecule has 8 heteroatoms. The number of fused-ring (bicyclic) bond motifs is 1. The van der Waals surface area contributed by atoms with E-state index >= 15 is 0 Å². The van der Waals surface area contributed by atoms with E-state index in [0.29, 0.717) is 23.8 Å². The van der Waals surface area contributed by atoms with Gasteiger partial charge in [0, 0.05) is 31.2 Å². The molecule has 0 amide bonds. The summed E-state index contributed by atoms with van der Waals surface area (Å²) >= 11 is 0. The van der Waals surface area contributed by atoms with Gasteiger partial charge in [-0.3, -0.25) is 4.90 Å². The van der Waals surface area contributed by atoms with Gasteiger partial charge < -0.3 is 19.7 Å². The van der Waals surface area contributed by atoms with Gasteiger partial charge in [0.15, 0.2) is 17.0 Å². The van der Waals surface area contributed by atoms with Gasteiger partial charge in [-0.25, -0.2) is 15.0 Å². The van der Waals surface area contributed by atoms with Gasteiger partial charge in [-0.05, 0) is 27.7 Å². The molecule has 0 aromatic carbocycles. The van der Waals surface area contributed by atoms with Crippen LogP contribution in [0.5, 0.6) is 0 Å². The first kappa shape index (κ1) is 18.0. The van der Waals surface area contributed by atoms with Crippen molar-refractivity contribution in [2.75, 3.05) is 24.6 Å². The topological polar surface area (TPSA) is 90.5 Å². The lowest BCUT2D eigenvalue weighted by Gasteiger charge is -2.47. The molecular formula is C17H28N6O2. The number of piperazine rings is 1. The third kappa shape index (κ3) is 3.47. The highest BCUT2D eigenvalue weighted by molar-refractivity contribution is 5.83. The normalized spacial score (nSPS) is 23.6. The minimum absolute atomic E-state index is 0.261. The fraction of sp³-hybridized carbons (Fsp3) is 0.706. The zero-order valence-corrected chi connectivity index (χ0v) is 15.4. The van der Waals surface area contributed by atoms with Gasteiger partial charge >= 0.3 is 0 Å². The van der Waals surface area contributed by atoms with Crippen molar-refractivity contribution in [3.05, 3.63) is 12.7 Å². The van der Waals surface area contributed by atoms with Gasteiger partial charge in [0.25, 0.3) is 0 Å². The quantitative estimate of drug-likeness (QED) is 0.812. The molecule has 2 aromatic heterocycles. The van der Waals surface area contributed by atoms with E-state index in [0.717, 1.165) is 24.4 Å². The van der Waals surface area contributed by atoms with E-state index in [9.17, 15) is 5.11 Å². The molecule has 2 aromatic rings. The molecule has 0 radical (unpaired) electrons. The summed E-state index contributed by atoms with van der Waals surface area (Å²) in [5.41, 5.74) is 1.43. The summed E-state index contributed by atoms with van der Waals surface area (Å²) in [5, 5.41) is 18.8. The van der Waals surface area contributed by atoms with Crippen molar-refractivity contribution < 1.29 is 10.2 Å². The van der Waals surface area contributed by atoms with E-state index in [1.165, 1.54) is 0 Å². The highest BCUT2D eigenvalue weighted by Gasteiger charge is 2.32. The fourth-order valence-electron chi connectivity index (χ4n) is 4.04. The summed E-state index contributed by atoms with van der Waals surface area (Å²) in [4.78, 5) is 18.1. The Bertz CT molecular complexity index is 706. The van der Waals surface area contributed by atoms with Crippen LogP contribution in [0.4, 0.5) is 5.82 Å². The molecular weight excluding hydrogens is 320 g/mol. The van der Waals surface area contributed by atoms with Crippen LogP contribution in [0.3, 0.4) is 0 Å². The average Bonchev–Trinajstić information content (AvgIpc) is 2.96. The van der Waals surface area contributed by atoms with Gasteiger partial charge in [0.05, 0.1) is 25.6 Å².